The van der Waals surface area contributed by atoms with Gasteiger partial charge >= 0.3 is 0 Å². The highest BCUT2D eigenvalue weighted by molar-refractivity contribution is 5.11. The number of nitrogens with zero attached hydrogens (tertiary/aromatic N) is 4. The molecule has 0 aliphatic carbocycles. The van der Waals surface area contributed by atoms with E-state index in [0.717, 1.165) is 31.7 Å². The lowest BCUT2D eigenvalue weighted by atomic mass is 10.3. The number of aryl methyl sites for hydroxylation is 3. The third kappa shape index (κ3) is 2.98. The van der Waals surface area contributed by atoms with Crippen LogP contribution in [0, 0.1) is 0 Å². The Morgan fingerprint density at radius 1 is 1.28 bits per heavy atom. The fraction of sp³-hybridized carbons (Fsp3) is 0.538. The van der Waals surface area contributed by atoms with Crippen LogP contribution >= 0.6 is 0 Å². The summed E-state index contributed by atoms with van der Waals surface area (Å²) in [5.41, 5.74) is 3.61. The van der Waals surface area contributed by atoms with Crippen molar-refractivity contribution in [3.05, 3.63) is 35.4 Å². The van der Waals surface area contributed by atoms with Crippen LogP contribution in [-0.2, 0) is 33.1 Å². The average molecular weight is 247 g/mol. The molecule has 0 spiro atoms. The largest absolute Gasteiger partial charge is 0.307 e. The number of hydrogen-bond acceptors (Lipinski definition) is 3. The molecule has 1 N–H and O–H groups in total. The molecule has 0 saturated heterocycles. The standard InChI is InChI=1S/C13H21N5/c1-4-12-6-13(18(5-2)16-12)9-14-7-11-8-15-17(3)10-11/h6,8,10,14H,4-5,7,9H2,1-3H3. The Labute approximate surface area is 108 Å². The summed E-state index contributed by atoms with van der Waals surface area (Å²) in [5, 5.41) is 12.1. The zero-order valence-corrected chi connectivity index (χ0v) is 11.3. The Morgan fingerprint density at radius 3 is 2.72 bits per heavy atom. The van der Waals surface area contributed by atoms with Gasteiger partial charge < -0.3 is 5.32 Å². The maximum atomic E-state index is 4.54. The second kappa shape index (κ2) is 5.82. The van der Waals surface area contributed by atoms with Gasteiger partial charge in [0, 0.05) is 38.4 Å². The van der Waals surface area contributed by atoms with E-state index in [1.54, 1.807) is 0 Å². The van der Waals surface area contributed by atoms with E-state index in [0.29, 0.717) is 0 Å². The lowest BCUT2D eigenvalue weighted by Gasteiger charge is -2.05. The summed E-state index contributed by atoms with van der Waals surface area (Å²) in [5.74, 6) is 0. The lowest BCUT2D eigenvalue weighted by molar-refractivity contribution is 0.577. The summed E-state index contributed by atoms with van der Waals surface area (Å²) in [4.78, 5) is 0. The highest BCUT2D eigenvalue weighted by Crippen LogP contribution is 2.06. The van der Waals surface area contributed by atoms with E-state index >= 15 is 0 Å². The van der Waals surface area contributed by atoms with Crippen molar-refractivity contribution in [2.75, 3.05) is 0 Å². The molecule has 2 aromatic rings. The van der Waals surface area contributed by atoms with Gasteiger partial charge in [-0.25, -0.2) is 0 Å². The minimum Gasteiger partial charge on any atom is -0.307 e. The predicted octanol–water partition coefficient (Wildman–Crippen LogP) is 1.49. The molecule has 0 fully saturated rings. The first kappa shape index (κ1) is 12.8. The summed E-state index contributed by atoms with van der Waals surface area (Å²) in [6, 6.07) is 2.18. The maximum Gasteiger partial charge on any atom is 0.0625 e. The molecule has 5 heteroatoms. The van der Waals surface area contributed by atoms with Crippen molar-refractivity contribution in [3.63, 3.8) is 0 Å². The summed E-state index contributed by atoms with van der Waals surface area (Å²) in [6.07, 6.45) is 4.91. The fourth-order valence-corrected chi connectivity index (χ4v) is 2.00. The smallest absolute Gasteiger partial charge is 0.0625 e. The third-order valence-electron chi connectivity index (χ3n) is 2.97. The number of rotatable bonds is 6. The molecule has 0 saturated carbocycles. The second-order valence-electron chi connectivity index (χ2n) is 4.42. The third-order valence-corrected chi connectivity index (χ3v) is 2.97. The minimum absolute atomic E-state index is 0.837. The summed E-state index contributed by atoms with van der Waals surface area (Å²) < 4.78 is 3.89. The first-order valence-electron chi connectivity index (χ1n) is 6.46. The van der Waals surface area contributed by atoms with Crippen molar-refractivity contribution in [2.24, 2.45) is 7.05 Å². The molecule has 18 heavy (non-hydrogen) atoms. The van der Waals surface area contributed by atoms with Crippen molar-refractivity contribution >= 4 is 0 Å². The Morgan fingerprint density at radius 2 is 2.11 bits per heavy atom. The summed E-state index contributed by atoms with van der Waals surface area (Å²) in [6.45, 7) is 6.86. The van der Waals surface area contributed by atoms with Gasteiger partial charge in [-0.05, 0) is 19.4 Å². The van der Waals surface area contributed by atoms with E-state index in [1.807, 2.05) is 24.1 Å². The van der Waals surface area contributed by atoms with Crippen molar-refractivity contribution < 1.29 is 0 Å². The van der Waals surface area contributed by atoms with Crippen molar-refractivity contribution in [1.82, 2.24) is 24.9 Å². The van der Waals surface area contributed by atoms with Gasteiger partial charge in [-0.1, -0.05) is 6.92 Å². The van der Waals surface area contributed by atoms with Crippen LogP contribution in [0.1, 0.15) is 30.8 Å². The van der Waals surface area contributed by atoms with Crippen LogP contribution in [0.2, 0.25) is 0 Å². The molecular weight excluding hydrogens is 226 g/mol. The van der Waals surface area contributed by atoms with Crippen LogP contribution in [-0.4, -0.2) is 19.6 Å². The van der Waals surface area contributed by atoms with Crippen LogP contribution < -0.4 is 5.32 Å². The molecule has 0 aromatic carbocycles. The second-order valence-corrected chi connectivity index (χ2v) is 4.42. The van der Waals surface area contributed by atoms with E-state index in [9.17, 15) is 0 Å². The van der Waals surface area contributed by atoms with Gasteiger partial charge in [0.1, 0.15) is 0 Å². The zero-order chi connectivity index (χ0) is 13.0. The van der Waals surface area contributed by atoms with E-state index in [4.69, 9.17) is 0 Å². The molecule has 0 radical (unpaired) electrons. The van der Waals surface area contributed by atoms with E-state index in [1.165, 1.54) is 11.3 Å². The molecule has 2 aromatic heterocycles. The van der Waals surface area contributed by atoms with Gasteiger partial charge in [0.05, 0.1) is 17.6 Å². The summed E-state index contributed by atoms with van der Waals surface area (Å²) in [7, 11) is 1.93. The topological polar surface area (TPSA) is 47.7 Å². The lowest BCUT2D eigenvalue weighted by Crippen LogP contribution is -2.15. The van der Waals surface area contributed by atoms with E-state index in [2.05, 4.69) is 40.1 Å². The van der Waals surface area contributed by atoms with Gasteiger partial charge in [-0.15, -0.1) is 0 Å². The molecule has 2 rings (SSSR count). The highest BCUT2D eigenvalue weighted by Gasteiger charge is 2.05. The Bertz CT molecular complexity index is 497. The molecule has 0 aliphatic heterocycles. The van der Waals surface area contributed by atoms with Crippen LogP contribution in [0.4, 0.5) is 0 Å². The van der Waals surface area contributed by atoms with Crippen LogP contribution in [0.3, 0.4) is 0 Å². The minimum atomic E-state index is 0.837. The van der Waals surface area contributed by atoms with Crippen LogP contribution in [0.5, 0.6) is 0 Å². The first-order chi connectivity index (χ1) is 8.72. The van der Waals surface area contributed by atoms with E-state index < -0.39 is 0 Å². The van der Waals surface area contributed by atoms with Crippen LogP contribution in [0.25, 0.3) is 0 Å². The van der Waals surface area contributed by atoms with Gasteiger partial charge in [-0.3, -0.25) is 9.36 Å². The molecule has 0 aliphatic rings. The zero-order valence-electron chi connectivity index (χ0n) is 11.3. The van der Waals surface area contributed by atoms with Gasteiger partial charge in [0.15, 0.2) is 0 Å². The van der Waals surface area contributed by atoms with Crippen molar-refractivity contribution in [1.29, 1.82) is 0 Å². The van der Waals surface area contributed by atoms with Gasteiger partial charge in [0.25, 0.3) is 0 Å². The molecule has 2 heterocycles. The van der Waals surface area contributed by atoms with Crippen LogP contribution in [0.15, 0.2) is 18.5 Å². The number of nitrogens with one attached hydrogen (secondary N) is 1. The molecule has 0 atom stereocenters. The monoisotopic (exact) mass is 247 g/mol. The molecule has 98 valence electrons. The van der Waals surface area contributed by atoms with Crippen molar-refractivity contribution in [2.45, 2.75) is 39.9 Å². The Kier molecular flexibility index (Phi) is 4.15. The first-order valence-corrected chi connectivity index (χ1v) is 6.46. The molecule has 0 amide bonds. The SMILES string of the molecule is CCc1cc(CNCc2cnn(C)c2)n(CC)n1. The van der Waals surface area contributed by atoms with E-state index in [-0.39, 0.29) is 0 Å². The van der Waals surface area contributed by atoms with Gasteiger partial charge in [0.2, 0.25) is 0 Å². The molecular formula is C13H21N5. The quantitative estimate of drug-likeness (QED) is 0.841. The normalized spacial score (nSPS) is 11.1. The Hall–Kier alpha value is -1.62. The number of aromatic nitrogens is 4. The average Bonchev–Trinajstić information content (AvgIpc) is 2.95. The van der Waals surface area contributed by atoms with Crippen molar-refractivity contribution in [3.8, 4) is 0 Å². The maximum absolute atomic E-state index is 4.54. The highest BCUT2D eigenvalue weighted by atomic mass is 15.3. The molecule has 5 nitrogen and oxygen atoms in total. The number of hydrogen-bond donors (Lipinski definition) is 1. The fourth-order valence-electron chi connectivity index (χ4n) is 2.00. The molecule has 0 bridgehead atoms. The molecule has 0 unspecified atom stereocenters. The Balaban J connectivity index is 1.91. The summed E-state index contributed by atoms with van der Waals surface area (Å²) >= 11 is 0. The predicted molar refractivity (Wildman–Crippen MR) is 71.0 cm³/mol. The van der Waals surface area contributed by atoms with Gasteiger partial charge in [-0.2, -0.15) is 10.2 Å².